The van der Waals surface area contributed by atoms with Gasteiger partial charge < -0.3 is 26.8 Å². The van der Waals surface area contributed by atoms with Crippen molar-refractivity contribution in [3.63, 3.8) is 0 Å². The van der Waals surface area contributed by atoms with Crippen LogP contribution < -0.4 is 21.7 Å². The summed E-state index contributed by atoms with van der Waals surface area (Å²) in [4.78, 5) is 49.2. The first-order valence-electron chi connectivity index (χ1n) is 11.3. The topological polar surface area (TPSA) is 151 Å². The average Bonchev–Trinajstić information content (AvgIpc) is 3.16. The van der Waals surface area contributed by atoms with Gasteiger partial charge in [0.15, 0.2) is 5.60 Å². The summed E-state index contributed by atoms with van der Waals surface area (Å²) in [6.07, 6.45) is -6.08. The van der Waals surface area contributed by atoms with Crippen molar-refractivity contribution in [2.45, 2.75) is 63.4 Å². The highest BCUT2D eigenvalue weighted by atomic mass is 19.4. The maximum absolute atomic E-state index is 13.7. The van der Waals surface area contributed by atoms with Crippen LogP contribution in [0.1, 0.15) is 45.1 Å². The molecule has 0 radical (unpaired) electrons. The molecule has 1 aromatic rings. The zero-order valence-corrected chi connectivity index (χ0v) is 19.5. The smallest absolute Gasteiger partial charge is 0.376 e. The monoisotopic (exact) mass is 500 g/mol. The number of amides is 4. The second-order valence-corrected chi connectivity index (χ2v) is 9.13. The van der Waals surface area contributed by atoms with Crippen LogP contribution in [0.5, 0.6) is 0 Å². The lowest BCUT2D eigenvalue weighted by atomic mass is 9.89. The van der Waals surface area contributed by atoms with Gasteiger partial charge in [0.25, 0.3) is 0 Å². The first-order valence-corrected chi connectivity index (χ1v) is 11.3. The van der Waals surface area contributed by atoms with E-state index in [4.69, 9.17) is 5.73 Å². The molecule has 9 nitrogen and oxygen atoms in total. The van der Waals surface area contributed by atoms with Crippen LogP contribution in [0.3, 0.4) is 0 Å². The van der Waals surface area contributed by atoms with Crippen molar-refractivity contribution < 1.29 is 37.5 Å². The van der Waals surface area contributed by atoms with E-state index < -0.39 is 59.5 Å². The predicted octanol–water partition coefficient (Wildman–Crippen LogP) is 0.854. The highest BCUT2D eigenvalue weighted by molar-refractivity contribution is 5.92. The third kappa shape index (κ3) is 7.41. The first kappa shape index (κ1) is 28.1. The zero-order valence-electron chi connectivity index (χ0n) is 19.5. The lowest BCUT2D eigenvalue weighted by Gasteiger charge is -2.31. The lowest BCUT2D eigenvalue weighted by Crippen LogP contribution is -2.55. The number of hydrogen-bond donors (Lipinski definition) is 5. The van der Waals surface area contributed by atoms with E-state index in [0.717, 1.165) is 12.1 Å². The second-order valence-electron chi connectivity index (χ2n) is 9.13. The van der Waals surface area contributed by atoms with E-state index in [-0.39, 0.29) is 24.7 Å². The summed E-state index contributed by atoms with van der Waals surface area (Å²) in [6.45, 7) is 3.90. The van der Waals surface area contributed by atoms with Gasteiger partial charge in [-0.3, -0.25) is 19.2 Å². The number of halogens is 3. The van der Waals surface area contributed by atoms with Crippen molar-refractivity contribution in [1.82, 2.24) is 16.0 Å². The van der Waals surface area contributed by atoms with Gasteiger partial charge in [0.05, 0.1) is 6.42 Å². The van der Waals surface area contributed by atoms with Gasteiger partial charge in [0.2, 0.25) is 23.6 Å². The Morgan fingerprint density at radius 3 is 2.26 bits per heavy atom. The summed E-state index contributed by atoms with van der Waals surface area (Å²) in [7, 11) is 0. The molecule has 1 aliphatic heterocycles. The Kier molecular flexibility index (Phi) is 9.24. The van der Waals surface area contributed by atoms with Crippen LogP contribution in [0.2, 0.25) is 0 Å². The minimum Gasteiger partial charge on any atom is -0.376 e. The number of nitrogens with one attached hydrogen (secondary N) is 3. The van der Waals surface area contributed by atoms with Crippen LogP contribution in [-0.2, 0) is 24.8 Å². The van der Waals surface area contributed by atoms with Crippen molar-refractivity contribution in [1.29, 1.82) is 0 Å². The second kappa shape index (κ2) is 11.5. The van der Waals surface area contributed by atoms with Gasteiger partial charge >= 0.3 is 6.18 Å². The summed E-state index contributed by atoms with van der Waals surface area (Å²) in [5.74, 6) is -3.88. The first-order chi connectivity index (χ1) is 16.2. The molecule has 2 unspecified atom stereocenters. The van der Waals surface area contributed by atoms with Crippen molar-refractivity contribution >= 4 is 23.6 Å². The van der Waals surface area contributed by atoms with Crippen LogP contribution >= 0.6 is 0 Å². The molecule has 0 aromatic heterocycles. The molecule has 1 aromatic carbocycles. The molecule has 4 amide bonds. The summed E-state index contributed by atoms with van der Waals surface area (Å²) in [5, 5.41) is 17.7. The Hall–Kier alpha value is -3.15. The van der Waals surface area contributed by atoms with E-state index in [1.807, 2.05) is 0 Å². The van der Waals surface area contributed by atoms with Gasteiger partial charge in [-0.2, -0.15) is 13.2 Å². The van der Waals surface area contributed by atoms with Crippen molar-refractivity contribution in [2.75, 3.05) is 6.54 Å². The van der Waals surface area contributed by atoms with E-state index in [1.54, 1.807) is 13.8 Å². The molecule has 12 heteroatoms. The fourth-order valence-electron chi connectivity index (χ4n) is 3.93. The lowest BCUT2D eigenvalue weighted by molar-refractivity contribution is -0.267. The van der Waals surface area contributed by atoms with E-state index >= 15 is 0 Å². The number of aliphatic hydroxyl groups is 1. The molecule has 1 heterocycles. The van der Waals surface area contributed by atoms with Gasteiger partial charge in [-0.15, -0.1) is 0 Å². The standard InChI is InChI=1S/C23H31F3N4O5/c1-13(2)10-17(21(34)30-16(19(27)32)11-14-8-9-28-20(14)33)29-18(31)12-22(35,23(24,25)26)15-6-4-3-5-7-15/h3-7,13-14,16-17,35H,8-12H2,1-2H3,(H2,27,32)(H,28,33)(H,29,31)(H,30,34)/t14-,16+,17?,22?/m1/s1. The predicted molar refractivity (Wildman–Crippen MR) is 119 cm³/mol. The van der Waals surface area contributed by atoms with E-state index in [2.05, 4.69) is 16.0 Å². The molecule has 194 valence electrons. The third-order valence-corrected chi connectivity index (χ3v) is 5.84. The maximum atomic E-state index is 13.7. The highest BCUT2D eigenvalue weighted by Gasteiger charge is 2.56. The SMILES string of the molecule is CC(C)CC(NC(=O)CC(O)(c1ccccc1)C(F)(F)F)C(=O)N[C@@H](C[C@H]1CCNC1=O)C(N)=O. The number of hydrogen-bond acceptors (Lipinski definition) is 5. The number of nitrogens with two attached hydrogens (primary N) is 1. The Morgan fingerprint density at radius 1 is 1.14 bits per heavy atom. The van der Waals surface area contributed by atoms with Crippen LogP contribution in [0, 0.1) is 11.8 Å². The molecule has 0 bridgehead atoms. The van der Waals surface area contributed by atoms with Gasteiger partial charge in [0.1, 0.15) is 12.1 Å². The quantitative estimate of drug-likeness (QED) is 0.305. The van der Waals surface area contributed by atoms with Crippen LogP contribution in [0.4, 0.5) is 13.2 Å². The normalized spacial score (nSPS) is 19.4. The summed E-state index contributed by atoms with van der Waals surface area (Å²) >= 11 is 0. The Balaban J connectivity index is 2.17. The molecule has 2 rings (SSSR count). The third-order valence-electron chi connectivity index (χ3n) is 5.84. The Morgan fingerprint density at radius 2 is 1.77 bits per heavy atom. The van der Waals surface area contributed by atoms with Crippen molar-refractivity contribution in [3.05, 3.63) is 35.9 Å². The molecule has 1 saturated heterocycles. The van der Waals surface area contributed by atoms with E-state index in [9.17, 15) is 37.5 Å². The average molecular weight is 501 g/mol. The fourth-order valence-corrected chi connectivity index (χ4v) is 3.93. The molecule has 35 heavy (non-hydrogen) atoms. The number of alkyl halides is 3. The fraction of sp³-hybridized carbons (Fsp3) is 0.565. The molecule has 6 N–H and O–H groups in total. The van der Waals surface area contributed by atoms with Crippen molar-refractivity contribution in [2.24, 2.45) is 17.6 Å². The molecule has 0 spiro atoms. The largest absolute Gasteiger partial charge is 0.421 e. The van der Waals surface area contributed by atoms with Gasteiger partial charge in [-0.25, -0.2) is 0 Å². The van der Waals surface area contributed by atoms with Crippen molar-refractivity contribution in [3.8, 4) is 0 Å². The highest BCUT2D eigenvalue weighted by Crippen LogP contribution is 2.41. The van der Waals surface area contributed by atoms with Crippen LogP contribution in [-0.4, -0.2) is 53.5 Å². The van der Waals surface area contributed by atoms with Gasteiger partial charge in [-0.1, -0.05) is 44.2 Å². The van der Waals surface area contributed by atoms with Gasteiger partial charge in [-0.05, 0) is 30.7 Å². The number of carbonyl (C=O) groups excluding carboxylic acids is 4. The van der Waals surface area contributed by atoms with Crippen LogP contribution in [0.25, 0.3) is 0 Å². The molecular formula is C23H31F3N4O5. The summed E-state index contributed by atoms with van der Waals surface area (Å²) in [5.41, 5.74) is 1.39. The molecule has 1 fully saturated rings. The molecule has 4 atom stereocenters. The molecular weight excluding hydrogens is 469 g/mol. The molecule has 1 aliphatic rings. The van der Waals surface area contributed by atoms with E-state index in [0.29, 0.717) is 13.0 Å². The molecule has 0 saturated carbocycles. The van der Waals surface area contributed by atoms with Crippen LogP contribution in [0.15, 0.2) is 30.3 Å². The zero-order chi connectivity index (χ0) is 26.4. The van der Waals surface area contributed by atoms with Gasteiger partial charge in [0, 0.05) is 12.5 Å². The Labute approximate surface area is 201 Å². The summed E-state index contributed by atoms with van der Waals surface area (Å²) in [6, 6.07) is 3.66. The molecule has 0 aliphatic carbocycles. The van der Waals surface area contributed by atoms with E-state index in [1.165, 1.54) is 18.2 Å². The summed E-state index contributed by atoms with van der Waals surface area (Å²) < 4.78 is 41.2. The number of primary amides is 1. The maximum Gasteiger partial charge on any atom is 0.421 e. The number of rotatable bonds is 11. The number of carbonyl (C=O) groups is 4. The minimum atomic E-state index is -5.17. The minimum absolute atomic E-state index is 0.0444. The Bertz CT molecular complexity index is 925. The number of benzene rings is 1.